The van der Waals surface area contributed by atoms with Crippen LogP contribution in [0.4, 0.5) is 0 Å². The Morgan fingerprint density at radius 3 is 2.61 bits per heavy atom. The first-order valence-corrected chi connectivity index (χ1v) is 11.6. The lowest BCUT2D eigenvalue weighted by atomic mass is 9.95. The monoisotopic (exact) mass is 428 g/mol. The number of carbonyl (C=O) groups is 1. The molecule has 7 heteroatoms. The molecule has 0 spiro atoms. The van der Waals surface area contributed by atoms with E-state index >= 15 is 0 Å². The van der Waals surface area contributed by atoms with Crippen LogP contribution in [-0.2, 0) is 22.4 Å². The molecule has 1 saturated heterocycles. The van der Waals surface area contributed by atoms with Crippen LogP contribution in [0.3, 0.4) is 0 Å². The number of rotatable bonds is 12. The summed E-state index contributed by atoms with van der Waals surface area (Å²) in [5, 5.41) is 0. The van der Waals surface area contributed by atoms with Gasteiger partial charge in [-0.15, -0.1) is 0 Å². The highest BCUT2D eigenvalue weighted by atomic mass is 16.5. The highest BCUT2D eigenvalue weighted by Gasteiger charge is 2.27. The van der Waals surface area contributed by atoms with Gasteiger partial charge in [-0.05, 0) is 44.2 Å². The van der Waals surface area contributed by atoms with Crippen molar-refractivity contribution < 1.29 is 14.3 Å². The van der Waals surface area contributed by atoms with Gasteiger partial charge in [0, 0.05) is 50.7 Å². The maximum Gasteiger partial charge on any atom is 0.272 e. The van der Waals surface area contributed by atoms with Crippen LogP contribution in [0.1, 0.15) is 67.3 Å². The predicted molar refractivity (Wildman–Crippen MR) is 120 cm³/mol. The first-order chi connectivity index (χ1) is 15.2. The molecule has 0 aromatic carbocycles. The van der Waals surface area contributed by atoms with Crippen molar-refractivity contribution >= 4 is 5.91 Å². The Morgan fingerprint density at radius 1 is 1.10 bits per heavy atom. The van der Waals surface area contributed by atoms with Crippen LogP contribution in [0, 0.1) is 0 Å². The smallest absolute Gasteiger partial charge is 0.272 e. The number of pyridine rings is 1. The number of amides is 1. The molecule has 0 unspecified atom stereocenters. The van der Waals surface area contributed by atoms with E-state index < -0.39 is 0 Å². The minimum absolute atomic E-state index is 0.0338. The molecule has 0 radical (unpaired) electrons. The van der Waals surface area contributed by atoms with Gasteiger partial charge in [-0.2, -0.15) is 0 Å². The van der Waals surface area contributed by atoms with Gasteiger partial charge in [0.05, 0.1) is 19.8 Å². The van der Waals surface area contributed by atoms with Gasteiger partial charge in [0.2, 0.25) is 0 Å². The molecule has 7 nitrogen and oxygen atoms in total. The lowest BCUT2D eigenvalue weighted by Crippen LogP contribution is -2.38. The van der Waals surface area contributed by atoms with Gasteiger partial charge < -0.3 is 18.9 Å². The summed E-state index contributed by atoms with van der Waals surface area (Å²) >= 11 is 0. The number of unbranched alkanes of at least 4 members (excludes halogenated alkanes) is 1. The van der Waals surface area contributed by atoms with Crippen molar-refractivity contribution in [3.8, 4) is 0 Å². The van der Waals surface area contributed by atoms with Crippen molar-refractivity contribution in [2.24, 2.45) is 0 Å². The van der Waals surface area contributed by atoms with Gasteiger partial charge in [0.15, 0.2) is 0 Å². The molecular weight excluding hydrogens is 392 g/mol. The first kappa shape index (κ1) is 23.4. The summed E-state index contributed by atoms with van der Waals surface area (Å²) in [6.07, 6.45) is 10.9. The van der Waals surface area contributed by atoms with Gasteiger partial charge in [-0.25, -0.2) is 4.98 Å². The highest BCUT2D eigenvalue weighted by Crippen LogP contribution is 2.27. The molecule has 0 atom stereocenters. The number of piperidine rings is 1. The number of nitrogens with zero attached hydrogens (tertiary/aromatic N) is 4. The minimum atomic E-state index is 0.0338. The van der Waals surface area contributed by atoms with E-state index in [9.17, 15) is 4.79 Å². The van der Waals surface area contributed by atoms with Crippen LogP contribution >= 0.6 is 0 Å². The molecule has 2 aromatic rings. The topological polar surface area (TPSA) is 69.5 Å². The second kappa shape index (κ2) is 12.6. The van der Waals surface area contributed by atoms with Crippen molar-refractivity contribution in [1.82, 2.24) is 19.4 Å². The lowest BCUT2D eigenvalue weighted by molar-refractivity contribution is 0.0492. The normalized spacial score (nSPS) is 14.8. The van der Waals surface area contributed by atoms with Crippen LogP contribution in [0.15, 0.2) is 30.7 Å². The van der Waals surface area contributed by atoms with Crippen LogP contribution in [0.2, 0.25) is 0 Å². The van der Waals surface area contributed by atoms with E-state index in [1.807, 2.05) is 42.5 Å². The van der Waals surface area contributed by atoms with Gasteiger partial charge in [-0.3, -0.25) is 9.78 Å². The average molecular weight is 429 g/mol. The fourth-order valence-corrected chi connectivity index (χ4v) is 3.98. The van der Waals surface area contributed by atoms with Gasteiger partial charge in [0.25, 0.3) is 5.91 Å². The van der Waals surface area contributed by atoms with E-state index in [1.54, 1.807) is 0 Å². The molecule has 2 aromatic heterocycles. The Bertz CT molecular complexity index is 782. The SMILES string of the molecule is CCCCc1ccc(C(=O)N2CCC(c3nccn3CCOCCOCC)CC2)nc1. The predicted octanol–water partition coefficient (Wildman–Crippen LogP) is 3.69. The van der Waals surface area contributed by atoms with E-state index in [1.165, 1.54) is 5.56 Å². The van der Waals surface area contributed by atoms with Crippen molar-refractivity contribution in [3.63, 3.8) is 0 Å². The third-order valence-corrected chi connectivity index (χ3v) is 5.81. The minimum Gasteiger partial charge on any atom is -0.379 e. The molecule has 3 rings (SSSR count). The first-order valence-electron chi connectivity index (χ1n) is 11.6. The number of aryl methyl sites for hydroxylation is 1. The molecular formula is C24H36N4O3. The van der Waals surface area contributed by atoms with Crippen molar-refractivity contribution in [2.75, 3.05) is 39.5 Å². The molecule has 1 fully saturated rings. The summed E-state index contributed by atoms with van der Waals surface area (Å²) < 4.78 is 13.1. The Morgan fingerprint density at radius 2 is 1.90 bits per heavy atom. The summed E-state index contributed by atoms with van der Waals surface area (Å²) in [7, 11) is 0. The Kier molecular flexibility index (Phi) is 9.49. The number of carbonyl (C=O) groups excluding carboxylic acids is 1. The van der Waals surface area contributed by atoms with Crippen LogP contribution < -0.4 is 0 Å². The number of imidazole rings is 1. The standard InChI is InChI=1S/C24H36N4O3/c1-3-5-6-20-7-8-22(26-19-20)24(29)28-12-9-21(10-13-28)23-25-11-14-27(23)15-16-31-18-17-30-4-2/h7-8,11,14,19,21H,3-6,9-10,12-13,15-18H2,1-2H3. The number of ether oxygens (including phenoxy) is 2. The molecule has 0 aliphatic carbocycles. The summed E-state index contributed by atoms with van der Waals surface area (Å²) in [5.74, 6) is 1.50. The van der Waals surface area contributed by atoms with E-state index in [-0.39, 0.29) is 5.91 Å². The molecule has 3 heterocycles. The summed E-state index contributed by atoms with van der Waals surface area (Å²) in [5.41, 5.74) is 1.75. The summed E-state index contributed by atoms with van der Waals surface area (Å²) in [6, 6.07) is 3.91. The zero-order valence-corrected chi connectivity index (χ0v) is 19.0. The molecule has 1 amide bonds. The van der Waals surface area contributed by atoms with Crippen LogP contribution in [0.5, 0.6) is 0 Å². The van der Waals surface area contributed by atoms with Crippen molar-refractivity contribution in [1.29, 1.82) is 0 Å². The fourth-order valence-electron chi connectivity index (χ4n) is 3.98. The molecule has 1 aliphatic rings. The number of hydrogen-bond donors (Lipinski definition) is 0. The quantitative estimate of drug-likeness (QED) is 0.482. The molecule has 0 N–H and O–H groups in total. The number of likely N-dealkylation sites (tertiary alicyclic amines) is 1. The van der Waals surface area contributed by atoms with Crippen molar-refractivity contribution in [3.05, 3.63) is 47.8 Å². The Hall–Kier alpha value is -2.25. The number of hydrogen-bond acceptors (Lipinski definition) is 5. The fraction of sp³-hybridized carbons (Fsp3) is 0.625. The van der Waals surface area contributed by atoms with Gasteiger partial charge in [0.1, 0.15) is 11.5 Å². The Balaban J connectivity index is 1.46. The third-order valence-electron chi connectivity index (χ3n) is 5.81. The maximum atomic E-state index is 12.9. The second-order valence-electron chi connectivity index (χ2n) is 8.01. The maximum absolute atomic E-state index is 12.9. The summed E-state index contributed by atoms with van der Waals surface area (Å²) in [4.78, 5) is 23.8. The average Bonchev–Trinajstić information content (AvgIpc) is 3.28. The number of aromatic nitrogens is 3. The molecule has 0 bridgehead atoms. The summed E-state index contributed by atoms with van der Waals surface area (Å²) in [6.45, 7) is 9.04. The van der Waals surface area contributed by atoms with Gasteiger partial charge in [-0.1, -0.05) is 19.4 Å². The second-order valence-corrected chi connectivity index (χ2v) is 8.01. The van der Waals surface area contributed by atoms with E-state index in [0.717, 1.165) is 64.2 Å². The van der Waals surface area contributed by atoms with E-state index in [2.05, 4.69) is 21.5 Å². The third kappa shape index (κ3) is 6.87. The molecule has 170 valence electrons. The van der Waals surface area contributed by atoms with E-state index in [4.69, 9.17) is 9.47 Å². The zero-order chi connectivity index (χ0) is 21.9. The molecule has 31 heavy (non-hydrogen) atoms. The van der Waals surface area contributed by atoms with Crippen LogP contribution in [-0.4, -0.2) is 64.9 Å². The Labute approximate surface area is 185 Å². The molecule has 1 aliphatic heterocycles. The van der Waals surface area contributed by atoms with Gasteiger partial charge >= 0.3 is 0 Å². The zero-order valence-electron chi connectivity index (χ0n) is 19.0. The van der Waals surface area contributed by atoms with Crippen LogP contribution in [0.25, 0.3) is 0 Å². The largest absolute Gasteiger partial charge is 0.379 e. The lowest BCUT2D eigenvalue weighted by Gasteiger charge is -2.31. The van der Waals surface area contributed by atoms with Crippen molar-refractivity contribution in [2.45, 2.75) is 58.4 Å². The highest BCUT2D eigenvalue weighted by molar-refractivity contribution is 5.92. The molecule has 0 saturated carbocycles. The van der Waals surface area contributed by atoms with E-state index in [0.29, 0.717) is 31.4 Å².